The first kappa shape index (κ1) is 25.2. The van der Waals surface area contributed by atoms with Crippen molar-refractivity contribution in [3.63, 3.8) is 0 Å². The van der Waals surface area contributed by atoms with Crippen molar-refractivity contribution in [3.8, 4) is 0 Å². The molecule has 0 saturated carbocycles. The van der Waals surface area contributed by atoms with Crippen LogP contribution in [0.4, 0.5) is 0 Å². The van der Waals surface area contributed by atoms with Crippen LogP contribution in [0.3, 0.4) is 0 Å². The Morgan fingerprint density at radius 1 is 0.750 bits per heavy atom. The largest absolute Gasteiger partial charge is 2.00 e. The minimum atomic E-state index is -4.67. The molecule has 0 atom stereocenters. The van der Waals surface area contributed by atoms with Crippen LogP contribution in [0.1, 0.15) is 25.7 Å². The van der Waals surface area contributed by atoms with Crippen LogP contribution < -0.4 is 0 Å². The zero-order valence-corrected chi connectivity index (χ0v) is 13.1. The SMILES string of the molecule is O=S(=O)(O)O.[Cu+2].[NH-]CCC[N-]CCCC[N-]CCC[NH-]. The number of hydrogen-bond donors (Lipinski definition) is 2. The summed E-state index contributed by atoms with van der Waals surface area (Å²) in [5.41, 5.74) is 13.8. The maximum atomic E-state index is 8.74. The Labute approximate surface area is 132 Å². The minimum Gasteiger partial charge on any atom is -0.677 e. The molecule has 0 aliphatic rings. The smallest absolute Gasteiger partial charge is 0.677 e. The van der Waals surface area contributed by atoms with Crippen LogP contribution >= 0.6 is 0 Å². The van der Waals surface area contributed by atoms with Gasteiger partial charge in [-0.25, -0.2) is 0 Å². The summed E-state index contributed by atoms with van der Waals surface area (Å²) in [5.74, 6) is 0. The normalized spacial score (nSPS) is 10.4. The van der Waals surface area contributed by atoms with Gasteiger partial charge >= 0.3 is 27.5 Å². The summed E-state index contributed by atoms with van der Waals surface area (Å²) in [6, 6.07) is 0. The fourth-order valence-corrected chi connectivity index (χ4v) is 1.05. The Hall–Kier alpha value is 0.229. The van der Waals surface area contributed by atoms with Crippen molar-refractivity contribution < 1.29 is 34.6 Å². The van der Waals surface area contributed by atoms with Gasteiger partial charge in [0.15, 0.2) is 0 Å². The molecule has 0 amide bonds. The van der Waals surface area contributed by atoms with Crippen molar-refractivity contribution in [3.05, 3.63) is 22.1 Å². The van der Waals surface area contributed by atoms with Crippen molar-refractivity contribution in [1.29, 1.82) is 0 Å². The van der Waals surface area contributed by atoms with Gasteiger partial charge in [0.1, 0.15) is 0 Å². The molecule has 0 fully saturated rings. The Kier molecular flexibility index (Phi) is 24.2. The van der Waals surface area contributed by atoms with E-state index < -0.39 is 10.4 Å². The van der Waals surface area contributed by atoms with Crippen LogP contribution in [0, 0.1) is 0 Å². The molecule has 1 radical (unpaired) electrons. The number of unbranched alkanes of at least 4 members (excludes halogenated alkanes) is 1. The molecular weight excluding hydrogens is 336 g/mol. The Morgan fingerprint density at radius 2 is 1.00 bits per heavy atom. The van der Waals surface area contributed by atoms with Crippen molar-refractivity contribution in [2.75, 3.05) is 39.3 Å². The number of hydrogen-bond acceptors (Lipinski definition) is 2. The Morgan fingerprint density at radius 3 is 1.25 bits per heavy atom. The molecule has 4 N–H and O–H groups in total. The van der Waals surface area contributed by atoms with Crippen molar-refractivity contribution in [2.24, 2.45) is 0 Å². The maximum Gasteiger partial charge on any atom is 2.00 e. The fraction of sp³-hybridized carbons (Fsp3) is 1.00. The second-order valence-electron chi connectivity index (χ2n) is 3.70. The summed E-state index contributed by atoms with van der Waals surface area (Å²) in [4.78, 5) is 0. The molecule has 0 bridgehead atoms. The van der Waals surface area contributed by atoms with Gasteiger partial charge in [0.2, 0.25) is 0 Å². The zero-order chi connectivity index (χ0) is 15.0. The van der Waals surface area contributed by atoms with Gasteiger partial charge in [-0.1, -0.05) is 25.7 Å². The summed E-state index contributed by atoms with van der Waals surface area (Å²) in [6.45, 7) is 4.53. The van der Waals surface area contributed by atoms with Gasteiger partial charge in [-0.05, 0) is 0 Å². The maximum absolute atomic E-state index is 8.74. The monoisotopic (exact) mass is 359 g/mol. The molecule has 20 heavy (non-hydrogen) atoms. The molecular formula is C10H24CuN4O4S-2. The Balaban J connectivity index is -0.000000414. The van der Waals surface area contributed by atoms with Crippen LogP contribution in [0.25, 0.3) is 22.1 Å². The topological polar surface area (TPSA) is 150 Å². The van der Waals surface area contributed by atoms with Crippen molar-refractivity contribution >= 4 is 10.4 Å². The third-order valence-electron chi connectivity index (χ3n) is 1.87. The first-order valence-corrected chi connectivity index (χ1v) is 7.57. The van der Waals surface area contributed by atoms with E-state index in [0.29, 0.717) is 13.1 Å². The van der Waals surface area contributed by atoms with Gasteiger partial charge in [0.25, 0.3) is 0 Å². The second-order valence-corrected chi connectivity index (χ2v) is 4.60. The number of nitrogens with zero attached hydrogens (tertiary/aromatic N) is 2. The molecule has 0 heterocycles. The van der Waals surface area contributed by atoms with E-state index in [1.54, 1.807) is 0 Å². The van der Waals surface area contributed by atoms with Crippen LogP contribution in [0.5, 0.6) is 0 Å². The summed E-state index contributed by atoms with van der Waals surface area (Å²) >= 11 is 0. The molecule has 0 spiro atoms. The van der Waals surface area contributed by atoms with E-state index in [-0.39, 0.29) is 17.1 Å². The average molecular weight is 360 g/mol. The van der Waals surface area contributed by atoms with Gasteiger partial charge < -0.3 is 22.1 Å². The number of nitrogens with one attached hydrogen (secondary N) is 2. The molecule has 0 aromatic rings. The van der Waals surface area contributed by atoms with E-state index >= 15 is 0 Å². The standard InChI is InChI=1S/C10H22N4.Cu.H2O4S/c11-5-3-9-13-7-1-2-8-14-10-4-6-12;;1-5(2,3)4/h11-12H,1-10H2;;(H2,1,2,3,4)/q-4;+2;. The van der Waals surface area contributed by atoms with Gasteiger partial charge in [-0.2, -0.15) is 34.6 Å². The minimum absolute atomic E-state index is 0. The van der Waals surface area contributed by atoms with E-state index in [9.17, 15) is 0 Å². The first-order chi connectivity index (χ1) is 8.91. The van der Waals surface area contributed by atoms with Gasteiger partial charge in [0.05, 0.1) is 0 Å². The van der Waals surface area contributed by atoms with E-state index in [4.69, 9.17) is 29.0 Å². The van der Waals surface area contributed by atoms with Gasteiger partial charge in [-0.3, -0.25) is 9.11 Å². The fourth-order valence-electron chi connectivity index (χ4n) is 1.05. The quantitative estimate of drug-likeness (QED) is 0.331. The molecule has 127 valence electrons. The average Bonchev–Trinajstić information content (AvgIpc) is 2.29. The van der Waals surface area contributed by atoms with Crippen molar-refractivity contribution in [1.82, 2.24) is 0 Å². The third-order valence-corrected chi connectivity index (χ3v) is 1.87. The van der Waals surface area contributed by atoms with Crippen LogP contribution in [-0.2, 0) is 27.5 Å². The molecule has 8 nitrogen and oxygen atoms in total. The van der Waals surface area contributed by atoms with E-state index in [0.717, 1.165) is 51.9 Å². The van der Waals surface area contributed by atoms with E-state index in [1.165, 1.54) is 0 Å². The molecule has 0 aliphatic carbocycles. The van der Waals surface area contributed by atoms with Crippen LogP contribution in [-0.4, -0.2) is 56.8 Å². The first-order valence-electron chi connectivity index (χ1n) is 6.17. The Bertz CT molecular complexity index is 248. The zero-order valence-electron chi connectivity index (χ0n) is 11.4. The third kappa shape index (κ3) is 42.9. The predicted molar refractivity (Wildman–Crippen MR) is 77.2 cm³/mol. The summed E-state index contributed by atoms with van der Waals surface area (Å²) < 4.78 is 31.6. The van der Waals surface area contributed by atoms with Crippen LogP contribution in [0.15, 0.2) is 0 Å². The summed E-state index contributed by atoms with van der Waals surface area (Å²) in [5, 5.41) is 8.61. The van der Waals surface area contributed by atoms with Crippen molar-refractivity contribution in [2.45, 2.75) is 25.7 Å². The molecule has 0 aromatic carbocycles. The molecule has 0 saturated heterocycles. The predicted octanol–water partition coefficient (Wildman–Crippen LogP) is 2.74. The molecule has 0 unspecified atom stereocenters. The molecule has 10 heteroatoms. The van der Waals surface area contributed by atoms with Crippen LogP contribution in [0.2, 0.25) is 0 Å². The second kappa shape index (κ2) is 19.2. The number of rotatable bonds is 11. The van der Waals surface area contributed by atoms with E-state index in [2.05, 4.69) is 10.6 Å². The molecule has 0 rings (SSSR count). The van der Waals surface area contributed by atoms with E-state index in [1.807, 2.05) is 0 Å². The molecule has 0 aromatic heterocycles. The van der Waals surface area contributed by atoms with Gasteiger partial charge in [-0.15, -0.1) is 13.1 Å². The van der Waals surface area contributed by atoms with Gasteiger partial charge in [0, 0.05) is 0 Å². The molecule has 0 aliphatic heterocycles. The summed E-state index contributed by atoms with van der Waals surface area (Å²) in [6.07, 6.45) is 4.02. The summed E-state index contributed by atoms with van der Waals surface area (Å²) in [7, 11) is -4.67.